The van der Waals surface area contributed by atoms with Crippen LogP contribution in [0.4, 0.5) is 5.82 Å². The number of carbonyl (C=O) groups is 1. The molecule has 2 heterocycles. The van der Waals surface area contributed by atoms with E-state index in [1.54, 1.807) is 18.3 Å². The molecule has 0 saturated carbocycles. The lowest BCUT2D eigenvalue weighted by Gasteiger charge is -2.30. The number of anilines is 1. The van der Waals surface area contributed by atoms with Crippen molar-refractivity contribution in [3.63, 3.8) is 0 Å². The molecule has 0 bridgehead atoms. The second-order valence-corrected chi connectivity index (χ2v) is 7.44. The number of aliphatic hydroxyl groups is 1. The first-order valence-electron chi connectivity index (χ1n) is 9.96. The molecule has 0 spiro atoms. The number of carbonyl (C=O) groups excluding carboxylic acids is 1. The van der Waals surface area contributed by atoms with Gasteiger partial charge in [0.2, 0.25) is 0 Å². The second kappa shape index (κ2) is 8.99. The maximum atomic E-state index is 12.5. The second-order valence-electron chi connectivity index (χ2n) is 7.44. The van der Waals surface area contributed by atoms with Gasteiger partial charge in [-0.1, -0.05) is 48.5 Å². The van der Waals surface area contributed by atoms with Crippen molar-refractivity contribution in [1.29, 1.82) is 0 Å². The number of hydrogen-bond donors (Lipinski definition) is 2. The SMILES string of the molecule is O=C(Nc1ncccc1CC(O)CN1CCc2ccccc2C1)c1ccccc1. The van der Waals surface area contributed by atoms with Crippen molar-refractivity contribution < 1.29 is 9.90 Å². The molecule has 2 N–H and O–H groups in total. The molecule has 1 aromatic heterocycles. The predicted octanol–water partition coefficient (Wildman–Crippen LogP) is 3.30. The summed E-state index contributed by atoms with van der Waals surface area (Å²) in [5, 5.41) is 13.6. The van der Waals surface area contributed by atoms with Gasteiger partial charge in [-0.2, -0.15) is 0 Å². The first-order chi connectivity index (χ1) is 14.2. The number of pyridine rings is 1. The van der Waals surface area contributed by atoms with E-state index in [-0.39, 0.29) is 5.91 Å². The molecular formula is C24H25N3O2. The maximum Gasteiger partial charge on any atom is 0.256 e. The Labute approximate surface area is 171 Å². The van der Waals surface area contributed by atoms with Gasteiger partial charge in [0.1, 0.15) is 5.82 Å². The maximum absolute atomic E-state index is 12.5. The van der Waals surface area contributed by atoms with Gasteiger partial charge in [0.05, 0.1) is 6.10 Å². The van der Waals surface area contributed by atoms with Crippen LogP contribution in [-0.4, -0.2) is 40.1 Å². The Morgan fingerprint density at radius 2 is 1.79 bits per heavy atom. The molecule has 1 unspecified atom stereocenters. The number of hydrogen-bond acceptors (Lipinski definition) is 4. The average molecular weight is 387 g/mol. The van der Waals surface area contributed by atoms with E-state index in [1.165, 1.54) is 11.1 Å². The largest absolute Gasteiger partial charge is 0.391 e. The minimum atomic E-state index is -0.531. The van der Waals surface area contributed by atoms with Crippen LogP contribution in [0, 0.1) is 0 Å². The summed E-state index contributed by atoms with van der Waals surface area (Å²) in [6, 6.07) is 21.3. The van der Waals surface area contributed by atoms with Crippen molar-refractivity contribution in [1.82, 2.24) is 9.88 Å². The zero-order valence-corrected chi connectivity index (χ0v) is 16.3. The number of nitrogens with one attached hydrogen (secondary N) is 1. The van der Waals surface area contributed by atoms with E-state index in [2.05, 4.69) is 39.5 Å². The van der Waals surface area contributed by atoms with Crippen LogP contribution >= 0.6 is 0 Å². The Hall–Kier alpha value is -3.02. The van der Waals surface area contributed by atoms with Gasteiger partial charge in [0.15, 0.2) is 0 Å². The summed E-state index contributed by atoms with van der Waals surface area (Å²) in [7, 11) is 0. The minimum Gasteiger partial charge on any atom is -0.391 e. The van der Waals surface area contributed by atoms with Crippen molar-refractivity contribution in [2.75, 3.05) is 18.4 Å². The van der Waals surface area contributed by atoms with Gasteiger partial charge in [-0.3, -0.25) is 9.69 Å². The Morgan fingerprint density at radius 3 is 2.62 bits per heavy atom. The molecule has 1 aliphatic rings. The standard InChI is InChI=1S/C24H25N3O2/c28-22(17-27-14-12-18-7-4-5-10-21(18)16-27)15-20-11-6-13-25-23(20)26-24(29)19-8-2-1-3-9-19/h1-11,13,22,28H,12,14-17H2,(H,25,26,29). The van der Waals surface area contributed by atoms with E-state index in [0.29, 0.717) is 24.3 Å². The van der Waals surface area contributed by atoms with Crippen LogP contribution in [0.15, 0.2) is 72.9 Å². The number of β-amino-alcohol motifs (C(OH)–C–C–N with tert-alkyl or cyclic N) is 1. The third-order valence-electron chi connectivity index (χ3n) is 5.29. The van der Waals surface area contributed by atoms with Crippen molar-refractivity contribution in [3.05, 3.63) is 95.2 Å². The number of rotatable bonds is 6. The lowest BCUT2D eigenvalue weighted by Crippen LogP contribution is -2.37. The molecule has 0 radical (unpaired) electrons. The predicted molar refractivity (Wildman–Crippen MR) is 114 cm³/mol. The van der Waals surface area contributed by atoms with Crippen molar-refractivity contribution >= 4 is 11.7 Å². The summed E-state index contributed by atoms with van der Waals surface area (Å²) in [6.45, 7) is 2.39. The molecule has 5 nitrogen and oxygen atoms in total. The zero-order chi connectivity index (χ0) is 20.1. The van der Waals surface area contributed by atoms with Crippen LogP contribution in [0.5, 0.6) is 0 Å². The number of benzene rings is 2. The number of fused-ring (bicyclic) bond motifs is 1. The summed E-state index contributed by atoms with van der Waals surface area (Å²) in [5.74, 6) is 0.303. The molecule has 1 aliphatic heterocycles. The van der Waals surface area contributed by atoms with E-state index >= 15 is 0 Å². The number of aliphatic hydroxyl groups excluding tert-OH is 1. The minimum absolute atomic E-state index is 0.201. The van der Waals surface area contributed by atoms with Gasteiger partial charge < -0.3 is 10.4 Å². The van der Waals surface area contributed by atoms with Crippen molar-refractivity contribution in [2.24, 2.45) is 0 Å². The quantitative estimate of drug-likeness (QED) is 0.681. The highest BCUT2D eigenvalue weighted by atomic mass is 16.3. The van der Waals surface area contributed by atoms with Crippen LogP contribution in [0.25, 0.3) is 0 Å². The molecular weight excluding hydrogens is 362 g/mol. The van der Waals surface area contributed by atoms with Crippen LogP contribution < -0.4 is 5.32 Å². The zero-order valence-electron chi connectivity index (χ0n) is 16.3. The van der Waals surface area contributed by atoms with E-state index in [1.807, 2.05) is 30.3 Å². The van der Waals surface area contributed by atoms with Gasteiger partial charge in [-0.25, -0.2) is 4.98 Å². The molecule has 4 rings (SSSR count). The molecule has 0 aliphatic carbocycles. The van der Waals surface area contributed by atoms with Gasteiger partial charge >= 0.3 is 0 Å². The number of nitrogens with zero attached hydrogens (tertiary/aromatic N) is 2. The van der Waals surface area contributed by atoms with Crippen molar-refractivity contribution in [2.45, 2.75) is 25.5 Å². The Kier molecular flexibility index (Phi) is 5.98. The highest BCUT2D eigenvalue weighted by Crippen LogP contribution is 2.20. The van der Waals surface area contributed by atoms with Crippen LogP contribution in [0.1, 0.15) is 27.0 Å². The molecule has 0 saturated heterocycles. The molecule has 5 heteroatoms. The Morgan fingerprint density at radius 1 is 1.03 bits per heavy atom. The summed E-state index contributed by atoms with van der Waals surface area (Å²) < 4.78 is 0. The number of aromatic nitrogens is 1. The summed E-state index contributed by atoms with van der Waals surface area (Å²) in [4.78, 5) is 19.1. The molecule has 1 amide bonds. The Bertz CT molecular complexity index is 975. The first-order valence-corrected chi connectivity index (χ1v) is 9.96. The van der Waals surface area contributed by atoms with E-state index in [4.69, 9.17) is 0 Å². The molecule has 0 fully saturated rings. The fourth-order valence-corrected chi connectivity index (χ4v) is 3.81. The van der Waals surface area contributed by atoms with Gasteiger partial charge in [-0.15, -0.1) is 0 Å². The van der Waals surface area contributed by atoms with E-state index in [0.717, 1.165) is 25.1 Å². The normalized spacial score (nSPS) is 14.8. The van der Waals surface area contributed by atoms with Crippen LogP contribution in [-0.2, 0) is 19.4 Å². The molecule has 2 aromatic carbocycles. The van der Waals surface area contributed by atoms with Crippen LogP contribution in [0.2, 0.25) is 0 Å². The van der Waals surface area contributed by atoms with Gasteiger partial charge in [0, 0.05) is 37.8 Å². The lowest BCUT2D eigenvalue weighted by molar-refractivity contribution is 0.102. The first kappa shape index (κ1) is 19.3. The summed E-state index contributed by atoms with van der Waals surface area (Å²) in [6.07, 6.45) is 2.57. The molecule has 29 heavy (non-hydrogen) atoms. The smallest absolute Gasteiger partial charge is 0.256 e. The van der Waals surface area contributed by atoms with Gasteiger partial charge in [0.25, 0.3) is 5.91 Å². The molecule has 148 valence electrons. The topological polar surface area (TPSA) is 65.5 Å². The monoisotopic (exact) mass is 387 g/mol. The Balaban J connectivity index is 1.39. The van der Waals surface area contributed by atoms with E-state index in [9.17, 15) is 9.90 Å². The highest BCUT2D eigenvalue weighted by Gasteiger charge is 2.20. The summed E-state index contributed by atoms with van der Waals surface area (Å²) >= 11 is 0. The molecule has 3 aromatic rings. The van der Waals surface area contributed by atoms with E-state index < -0.39 is 6.10 Å². The fourth-order valence-electron chi connectivity index (χ4n) is 3.81. The average Bonchev–Trinajstić information content (AvgIpc) is 2.75. The van der Waals surface area contributed by atoms with Gasteiger partial charge in [-0.05, 0) is 41.3 Å². The number of amides is 1. The summed E-state index contributed by atoms with van der Waals surface area (Å²) in [5.41, 5.74) is 4.15. The third kappa shape index (κ3) is 4.88. The lowest BCUT2D eigenvalue weighted by atomic mass is 9.99. The highest BCUT2D eigenvalue weighted by molar-refractivity contribution is 6.04. The molecule has 1 atom stereocenters. The van der Waals surface area contributed by atoms with Crippen LogP contribution in [0.3, 0.4) is 0 Å². The van der Waals surface area contributed by atoms with Crippen molar-refractivity contribution in [3.8, 4) is 0 Å². The fraction of sp³-hybridized carbons (Fsp3) is 0.250. The third-order valence-corrected chi connectivity index (χ3v) is 5.29.